The lowest BCUT2D eigenvalue weighted by molar-refractivity contribution is 0.518. The zero-order valence-corrected chi connectivity index (χ0v) is 8.39. The lowest BCUT2D eigenvalue weighted by atomic mass is 9.79. The van der Waals surface area contributed by atoms with Gasteiger partial charge in [-0.05, 0) is 24.3 Å². The molecule has 2 nitrogen and oxygen atoms in total. The maximum absolute atomic E-state index is 12.8. The molecule has 0 unspecified atom stereocenters. The van der Waals surface area contributed by atoms with E-state index < -0.39 is 7.12 Å². The van der Waals surface area contributed by atoms with Crippen LogP contribution in [0.5, 0.6) is 11.5 Å². The highest BCUT2D eigenvalue weighted by Gasteiger charge is 2.33. The molecule has 0 N–H and O–H groups in total. The SMILES string of the molecule is Fc1ccc(B2Oc3ccccc3O2)cc1. The van der Waals surface area contributed by atoms with E-state index in [4.69, 9.17) is 9.31 Å². The first-order valence-electron chi connectivity index (χ1n) is 5.01. The second-order valence-corrected chi connectivity index (χ2v) is 3.57. The van der Waals surface area contributed by atoms with Crippen molar-refractivity contribution in [3.8, 4) is 11.5 Å². The number of halogens is 1. The maximum atomic E-state index is 12.8. The number of para-hydroxylation sites is 2. The molecule has 1 aliphatic rings. The molecule has 1 aliphatic heterocycles. The Labute approximate surface area is 92.8 Å². The predicted molar refractivity (Wildman–Crippen MR) is 59.5 cm³/mol. The van der Waals surface area contributed by atoms with Crippen LogP contribution in [0.4, 0.5) is 4.39 Å². The summed E-state index contributed by atoms with van der Waals surface area (Å²) in [6, 6.07) is 13.6. The standard InChI is InChI=1S/C12H8BFO2/c14-10-7-5-9(6-8-10)13-15-11-3-1-2-4-12(11)16-13/h1-8H. The van der Waals surface area contributed by atoms with Crippen LogP contribution in [-0.4, -0.2) is 7.12 Å². The second kappa shape index (κ2) is 3.56. The van der Waals surface area contributed by atoms with E-state index in [1.54, 1.807) is 12.1 Å². The molecule has 4 heteroatoms. The minimum absolute atomic E-state index is 0.265. The van der Waals surface area contributed by atoms with Crippen molar-refractivity contribution in [2.45, 2.75) is 0 Å². The van der Waals surface area contributed by atoms with E-state index >= 15 is 0 Å². The highest BCUT2D eigenvalue weighted by atomic mass is 19.1. The molecule has 0 fully saturated rings. The summed E-state index contributed by atoms with van der Waals surface area (Å²) in [7, 11) is -0.474. The molecule has 0 radical (unpaired) electrons. The molecule has 0 atom stereocenters. The van der Waals surface area contributed by atoms with E-state index in [0.717, 1.165) is 17.0 Å². The van der Waals surface area contributed by atoms with E-state index in [1.165, 1.54) is 12.1 Å². The van der Waals surface area contributed by atoms with Gasteiger partial charge in [0.1, 0.15) is 17.3 Å². The van der Waals surface area contributed by atoms with E-state index in [-0.39, 0.29) is 5.82 Å². The number of rotatable bonds is 1. The Balaban J connectivity index is 1.88. The largest absolute Gasteiger partial charge is 0.632 e. The summed E-state index contributed by atoms with van der Waals surface area (Å²) in [6.45, 7) is 0. The van der Waals surface area contributed by atoms with Crippen molar-refractivity contribution in [1.82, 2.24) is 0 Å². The molecule has 2 aromatic carbocycles. The molecule has 0 spiro atoms. The summed E-state index contributed by atoms with van der Waals surface area (Å²) < 4.78 is 23.9. The predicted octanol–water partition coefficient (Wildman–Crippen LogP) is 1.99. The van der Waals surface area contributed by atoms with Crippen molar-refractivity contribution in [2.24, 2.45) is 0 Å². The van der Waals surface area contributed by atoms with Gasteiger partial charge >= 0.3 is 7.12 Å². The maximum Gasteiger partial charge on any atom is 0.632 e. The smallest absolute Gasteiger partial charge is 0.519 e. The fourth-order valence-corrected chi connectivity index (χ4v) is 1.66. The van der Waals surface area contributed by atoms with Crippen molar-refractivity contribution in [3.63, 3.8) is 0 Å². The minimum atomic E-state index is -0.474. The van der Waals surface area contributed by atoms with Crippen molar-refractivity contribution in [1.29, 1.82) is 0 Å². The van der Waals surface area contributed by atoms with E-state index in [2.05, 4.69) is 0 Å². The highest BCUT2D eigenvalue weighted by Crippen LogP contribution is 2.32. The van der Waals surface area contributed by atoms with Gasteiger partial charge in [-0.15, -0.1) is 0 Å². The van der Waals surface area contributed by atoms with Gasteiger partial charge in [-0.2, -0.15) is 0 Å². The first-order valence-corrected chi connectivity index (χ1v) is 5.01. The van der Waals surface area contributed by atoms with Crippen LogP contribution in [0.15, 0.2) is 48.5 Å². The third-order valence-electron chi connectivity index (χ3n) is 2.46. The molecule has 0 amide bonds. The fourth-order valence-electron chi connectivity index (χ4n) is 1.66. The molecule has 0 aliphatic carbocycles. The first kappa shape index (κ1) is 9.27. The Hall–Kier alpha value is -1.97. The Morgan fingerprint density at radius 2 is 1.38 bits per heavy atom. The third kappa shape index (κ3) is 1.52. The highest BCUT2D eigenvalue weighted by molar-refractivity contribution is 6.63. The number of fused-ring (bicyclic) bond motifs is 1. The molecule has 78 valence electrons. The molecule has 0 bridgehead atoms. The van der Waals surface area contributed by atoms with Gasteiger partial charge in [-0.3, -0.25) is 0 Å². The molecule has 16 heavy (non-hydrogen) atoms. The first-order chi connectivity index (χ1) is 7.83. The van der Waals surface area contributed by atoms with Gasteiger partial charge in [0.2, 0.25) is 0 Å². The average molecular weight is 214 g/mol. The average Bonchev–Trinajstić information content (AvgIpc) is 2.73. The molecule has 0 saturated carbocycles. The molecule has 2 aromatic rings. The Bertz CT molecular complexity index is 488. The summed E-state index contributed by atoms with van der Waals surface area (Å²) >= 11 is 0. The van der Waals surface area contributed by atoms with Gasteiger partial charge in [0.15, 0.2) is 0 Å². The van der Waals surface area contributed by atoms with Crippen LogP contribution in [0, 0.1) is 5.82 Å². The Morgan fingerprint density at radius 1 is 0.812 bits per heavy atom. The molecule has 0 aromatic heterocycles. The van der Waals surface area contributed by atoms with Crippen LogP contribution < -0.4 is 14.8 Å². The zero-order chi connectivity index (χ0) is 11.0. The van der Waals surface area contributed by atoms with Crippen molar-refractivity contribution >= 4 is 12.6 Å². The third-order valence-corrected chi connectivity index (χ3v) is 2.46. The van der Waals surface area contributed by atoms with Crippen LogP contribution in [-0.2, 0) is 0 Å². The van der Waals surface area contributed by atoms with Gasteiger partial charge in [0.25, 0.3) is 0 Å². The van der Waals surface area contributed by atoms with E-state index in [0.29, 0.717) is 0 Å². The van der Waals surface area contributed by atoms with Crippen molar-refractivity contribution < 1.29 is 13.7 Å². The molecule has 0 saturated heterocycles. The topological polar surface area (TPSA) is 18.5 Å². The number of benzene rings is 2. The monoisotopic (exact) mass is 214 g/mol. The number of hydrogen-bond acceptors (Lipinski definition) is 2. The van der Waals surface area contributed by atoms with Gasteiger partial charge in [-0.25, -0.2) is 4.39 Å². The zero-order valence-electron chi connectivity index (χ0n) is 8.39. The van der Waals surface area contributed by atoms with Gasteiger partial charge in [0, 0.05) is 5.46 Å². The molecule has 3 rings (SSSR count). The molecular weight excluding hydrogens is 206 g/mol. The summed E-state index contributed by atoms with van der Waals surface area (Å²) in [5.74, 6) is 1.17. The molecular formula is C12H8BFO2. The number of hydrogen-bond donors (Lipinski definition) is 0. The Morgan fingerprint density at radius 3 is 1.94 bits per heavy atom. The van der Waals surface area contributed by atoms with Gasteiger partial charge in [0.05, 0.1) is 0 Å². The van der Waals surface area contributed by atoms with E-state index in [1.807, 2.05) is 24.3 Å². The van der Waals surface area contributed by atoms with E-state index in [9.17, 15) is 4.39 Å². The van der Waals surface area contributed by atoms with Gasteiger partial charge in [-0.1, -0.05) is 24.3 Å². The summed E-state index contributed by atoms with van der Waals surface area (Å²) in [4.78, 5) is 0. The van der Waals surface area contributed by atoms with Crippen molar-refractivity contribution in [2.75, 3.05) is 0 Å². The van der Waals surface area contributed by atoms with Crippen LogP contribution in [0.3, 0.4) is 0 Å². The lowest BCUT2D eigenvalue weighted by Gasteiger charge is -2.03. The van der Waals surface area contributed by atoms with Crippen LogP contribution in [0.1, 0.15) is 0 Å². The van der Waals surface area contributed by atoms with Crippen molar-refractivity contribution in [3.05, 3.63) is 54.3 Å². The summed E-state index contributed by atoms with van der Waals surface area (Å²) in [5.41, 5.74) is 0.803. The van der Waals surface area contributed by atoms with Crippen LogP contribution in [0.2, 0.25) is 0 Å². The summed E-state index contributed by atoms with van der Waals surface area (Å²) in [6.07, 6.45) is 0. The van der Waals surface area contributed by atoms with Gasteiger partial charge < -0.3 is 9.31 Å². The second-order valence-electron chi connectivity index (χ2n) is 3.57. The molecule has 1 heterocycles. The lowest BCUT2D eigenvalue weighted by Crippen LogP contribution is -2.38. The fraction of sp³-hybridized carbons (Fsp3) is 0. The Kier molecular flexibility index (Phi) is 2.06. The normalized spacial score (nSPS) is 12.9. The van der Waals surface area contributed by atoms with Crippen LogP contribution in [0.25, 0.3) is 0 Å². The quantitative estimate of drug-likeness (QED) is 0.675. The summed E-state index contributed by atoms with van der Waals surface area (Å²) in [5, 5.41) is 0. The minimum Gasteiger partial charge on any atom is -0.519 e. The van der Waals surface area contributed by atoms with Crippen LogP contribution >= 0.6 is 0 Å².